The minimum absolute atomic E-state index is 0.791. The third-order valence-electron chi connectivity index (χ3n) is 2.99. The SMILES string of the molecule is COc1ccc(-c2nncn2-c2ccccc2)cc1Br. The molecule has 0 amide bonds. The normalized spacial score (nSPS) is 10.5. The molecule has 0 aliphatic heterocycles. The topological polar surface area (TPSA) is 39.9 Å². The molecule has 3 rings (SSSR count). The fourth-order valence-electron chi connectivity index (χ4n) is 2.01. The van der Waals surface area contributed by atoms with E-state index >= 15 is 0 Å². The van der Waals surface area contributed by atoms with Gasteiger partial charge in [0.1, 0.15) is 12.1 Å². The average Bonchev–Trinajstić information content (AvgIpc) is 2.97. The highest BCUT2D eigenvalue weighted by Gasteiger charge is 2.10. The summed E-state index contributed by atoms with van der Waals surface area (Å²) in [5, 5.41) is 8.22. The summed E-state index contributed by atoms with van der Waals surface area (Å²) in [6, 6.07) is 15.8. The summed E-state index contributed by atoms with van der Waals surface area (Å²) in [6.45, 7) is 0. The molecule has 100 valence electrons. The van der Waals surface area contributed by atoms with E-state index in [1.54, 1.807) is 13.4 Å². The Hall–Kier alpha value is -2.14. The van der Waals surface area contributed by atoms with Crippen LogP contribution in [0.2, 0.25) is 0 Å². The van der Waals surface area contributed by atoms with Gasteiger partial charge >= 0.3 is 0 Å². The Morgan fingerprint density at radius 1 is 1.10 bits per heavy atom. The van der Waals surface area contributed by atoms with Crippen molar-refractivity contribution in [2.45, 2.75) is 0 Å². The maximum Gasteiger partial charge on any atom is 0.168 e. The Labute approximate surface area is 125 Å². The van der Waals surface area contributed by atoms with Gasteiger partial charge in [0.2, 0.25) is 0 Å². The number of hydrogen-bond donors (Lipinski definition) is 0. The molecule has 0 saturated carbocycles. The second kappa shape index (κ2) is 5.46. The van der Waals surface area contributed by atoms with Crippen molar-refractivity contribution in [2.24, 2.45) is 0 Å². The van der Waals surface area contributed by atoms with E-state index in [2.05, 4.69) is 26.1 Å². The number of ether oxygens (including phenoxy) is 1. The van der Waals surface area contributed by atoms with Gasteiger partial charge in [0.05, 0.1) is 11.6 Å². The minimum atomic E-state index is 0.791. The van der Waals surface area contributed by atoms with Crippen molar-refractivity contribution >= 4 is 15.9 Å². The molecule has 1 heterocycles. The molecule has 0 N–H and O–H groups in total. The lowest BCUT2D eigenvalue weighted by Crippen LogP contribution is -1.96. The molecular weight excluding hydrogens is 318 g/mol. The highest BCUT2D eigenvalue weighted by molar-refractivity contribution is 9.10. The van der Waals surface area contributed by atoms with Gasteiger partial charge in [-0.2, -0.15) is 0 Å². The molecule has 4 nitrogen and oxygen atoms in total. The number of methoxy groups -OCH3 is 1. The number of benzene rings is 2. The second-order valence-corrected chi connectivity index (χ2v) is 5.06. The standard InChI is InChI=1S/C15H12BrN3O/c1-20-14-8-7-11(9-13(14)16)15-18-17-10-19(15)12-5-3-2-4-6-12/h2-10H,1H3. The van der Waals surface area contributed by atoms with Gasteiger partial charge in [-0.15, -0.1) is 10.2 Å². The van der Waals surface area contributed by atoms with Crippen molar-refractivity contribution in [3.63, 3.8) is 0 Å². The lowest BCUT2D eigenvalue weighted by Gasteiger charge is -2.08. The van der Waals surface area contributed by atoms with E-state index in [0.717, 1.165) is 27.3 Å². The summed E-state index contributed by atoms with van der Waals surface area (Å²) in [4.78, 5) is 0. The van der Waals surface area contributed by atoms with E-state index in [4.69, 9.17) is 4.74 Å². The predicted octanol–water partition coefficient (Wildman–Crippen LogP) is 3.71. The highest BCUT2D eigenvalue weighted by Crippen LogP contribution is 2.30. The van der Waals surface area contributed by atoms with Crippen LogP contribution in [0.3, 0.4) is 0 Å². The van der Waals surface area contributed by atoms with Crippen LogP contribution >= 0.6 is 15.9 Å². The van der Waals surface area contributed by atoms with Gasteiger partial charge in [0.25, 0.3) is 0 Å². The first kappa shape index (κ1) is 12.9. The Morgan fingerprint density at radius 3 is 2.60 bits per heavy atom. The summed E-state index contributed by atoms with van der Waals surface area (Å²) in [6.07, 6.45) is 1.71. The molecule has 5 heteroatoms. The van der Waals surface area contributed by atoms with E-state index < -0.39 is 0 Å². The van der Waals surface area contributed by atoms with E-state index in [0.29, 0.717) is 0 Å². The van der Waals surface area contributed by atoms with Crippen LogP contribution < -0.4 is 4.74 Å². The molecule has 2 aromatic carbocycles. The molecule has 0 aliphatic rings. The molecule has 0 spiro atoms. The molecule has 0 unspecified atom stereocenters. The molecular formula is C15H12BrN3O. The number of nitrogens with zero attached hydrogens (tertiary/aromatic N) is 3. The summed E-state index contributed by atoms with van der Waals surface area (Å²) in [5.74, 6) is 1.58. The number of rotatable bonds is 3. The van der Waals surface area contributed by atoms with E-state index in [1.807, 2.05) is 53.1 Å². The molecule has 1 aromatic heterocycles. The highest BCUT2D eigenvalue weighted by atomic mass is 79.9. The van der Waals surface area contributed by atoms with E-state index in [9.17, 15) is 0 Å². The summed E-state index contributed by atoms with van der Waals surface area (Å²) >= 11 is 3.49. The Balaban J connectivity index is 2.08. The molecule has 20 heavy (non-hydrogen) atoms. The van der Waals surface area contributed by atoms with Crippen LogP contribution in [0.25, 0.3) is 17.1 Å². The van der Waals surface area contributed by atoms with Crippen LogP contribution in [0.4, 0.5) is 0 Å². The van der Waals surface area contributed by atoms with Crippen molar-refractivity contribution in [2.75, 3.05) is 7.11 Å². The fraction of sp³-hybridized carbons (Fsp3) is 0.0667. The lowest BCUT2D eigenvalue weighted by molar-refractivity contribution is 0.412. The first-order valence-electron chi connectivity index (χ1n) is 6.09. The van der Waals surface area contributed by atoms with Crippen LogP contribution in [-0.2, 0) is 0 Å². The van der Waals surface area contributed by atoms with E-state index in [1.165, 1.54) is 0 Å². The van der Waals surface area contributed by atoms with Crippen molar-refractivity contribution in [1.82, 2.24) is 14.8 Å². The van der Waals surface area contributed by atoms with Gasteiger partial charge in [-0.1, -0.05) is 18.2 Å². The maximum absolute atomic E-state index is 5.24. The van der Waals surface area contributed by atoms with Gasteiger partial charge in [-0.25, -0.2) is 0 Å². The Kier molecular flexibility index (Phi) is 3.52. The Bertz CT molecular complexity index is 725. The third-order valence-corrected chi connectivity index (χ3v) is 3.61. The molecule has 0 saturated heterocycles. The van der Waals surface area contributed by atoms with Gasteiger partial charge in [0.15, 0.2) is 5.82 Å². The number of para-hydroxylation sites is 1. The van der Waals surface area contributed by atoms with Crippen LogP contribution in [0.15, 0.2) is 59.3 Å². The summed E-state index contributed by atoms with van der Waals surface area (Å²) in [7, 11) is 1.65. The van der Waals surface area contributed by atoms with E-state index in [-0.39, 0.29) is 0 Å². The van der Waals surface area contributed by atoms with Crippen LogP contribution in [0.1, 0.15) is 0 Å². The molecule has 0 bridgehead atoms. The number of aromatic nitrogens is 3. The average molecular weight is 330 g/mol. The molecule has 0 fully saturated rings. The fourth-order valence-corrected chi connectivity index (χ4v) is 2.56. The molecule has 3 aromatic rings. The van der Waals surface area contributed by atoms with Gasteiger partial charge in [0, 0.05) is 11.3 Å². The van der Waals surface area contributed by atoms with Crippen molar-refractivity contribution in [3.8, 4) is 22.8 Å². The van der Waals surface area contributed by atoms with Gasteiger partial charge < -0.3 is 4.74 Å². The smallest absolute Gasteiger partial charge is 0.168 e. The van der Waals surface area contributed by atoms with Crippen LogP contribution in [0.5, 0.6) is 5.75 Å². The van der Waals surface area contributed by atoms with Crippen molar-refractivity contribution in [3.05, 3.63) is 59.3 Å². The number of hydrogen-bond acceptors (Lipinski definition) is 3. The largest absolute Gasteiger partial charge is 0.496 e. The molecule has 0 radical (unpaired) electrons. The van der Waals surface area contributed by atoms with Crippen molar-refractivity contribution < 1.29 is 4.74 Å². The zero-order valence-corrected chi connectivity index (χ0v) is 12.4. The lowest BCUT2D eigenvalue weighted by atomic mass is 10.2. The maximum atomic E-state index is 5.24. The molecule has 0 atom stereocenters. The van der Waals surface area contributed by atoms with Gasteiger partial charge in [-0.3, -0.25) is 4.57 Å². The quantitative estimate of drug-likeness (QED) is 0.735. The van der Waals surface area contributed by atoms with Crippen LogP contribution in [0, 0.1) is 0 Å². The zero-order chi connectivity index (χ0) is 13.9. The minimum Gasteiger partial charge on any atom is -0.496 e. The number of halogens is 1. The summed E-state index contributed by atoms with van der Waals surface area (Å²) in [5.41, 5.74) is 2.00. The Morgan fingerprint density at radius 2 is 1.90 bits per heavy atom. The van der Waals surface area contributed by atoms with Gasteiger partial charge in [-0.05, 0) is 46.3 Å². The zero-order valence-electron chi connectivity index (χ0n) is 10.8. The third kappa shape index (κ3) is 2.32. The summed E-state index contributed by atoms with van der Waals surface area (Å²) < 4.78 is 8.08. The first-order valence-corrected chi connectivity index (χ1v) is 6.88. The molecule has 0 aliphatic carbocycles. The van der Waals surface area contributed by atoms with Crippen molar-refractivity contribution in [1.29, 1.82) is 0 Å². The predicted molar refractivity (Wildman–Crippen MR) is 81.0 cm³/mol. The van der Waals surface area contributed by atoms with Crippen LogP contribution in [-0.4, -0.2) is 21.9 Å². The second-order valence-electron chi connectivity index (χ2n) is 4.21. The first-order chi connectivity index (χ1) is 9.79. The monoisotopic (exact) mass is 329 g/mol.